The van der Waals surface area contributed by atoms with Gasteiger partial charge in [-0.05, 0) is 42.9 Å². The number of imide groups is 1. The van der Waals surface area contributed by atoms with Crippen molar-refractivity contribution in [1.29, 1.82) is 0 Å². The van der Waals surface area contributed by atoms with E-state index in [1.807, 2.05) is 12.1 Å². The molecule has 1 fully saturated rings. The van der Waals surface area contributed by atoms with Crippen LogP contribution in [-0.2, 0) is 35.8 Å². The molecule has 1 saturated heterocycles. The second kappa shape index (κ2) is 14.3. The molecule has 0 N–H and O–H groups in total. The van der Waals surface area contributed by atoms with Gasteiger partial charge in [-0.2, -0.15) is 6.07 Å². The summed E-state index contributed by atoms with van der Waals surface area (Å²) in [5, 5.41) is 1.25. The van der Waals surface area contributed by atoms with E-state index in [4.69, 9.17) is 9.25 Å². The predicted octanol–water partition coefficient (Wildman–Crippen LogP) is -2.85. The molecule has 2 aliphatic rings. The number of thiophene rings is 1. The first kappa shape index (κ1) is 33.9. The number of nitrogens with zero attached hydrogens (tertiary/aromatic N) is 2. The molecular weight excluding hydrogens is 594 g/mol. The Morgan fingerprint density at radius 1 is 1.05 bits per heavy atom. The van der Waals surface area contributed by atoms with E-state index in [1.165, 1.54) is 0 Å². The third-order valence-electron chi connectivity index (χ3n) is 6.67. The van der Waals surface area contributed by atoms with Crippen molar-refractivity contribution in [2.45, 2.75) is 55.6 Å². The third kappa shape index (κ3) is 7.89. The summed E-state index contributed by atoms with van der Waals surface area (Å²) in [6, 6.07) is 9.16. The van der Waals surface area contributed by atoms with E-state index >= 15 is 0 Å². The van der Waals surface area contributed by atoms with E-state index in [0.29, 0.717) is 33.8 Å². The van der Waals surface area contributed by atoms with Crippen LogP contribution in [0.15, 0.2) is 37.7 Å². The number of hydrogen-bond acceptors (Lipinski definition) is 11. The Morgan fingerprint density at radius 3 is 2.46 bits per heavy atom. The van der Waals surface area contributed by atoms with Crippen molar-refractivity contribution in [3.63, 3.8) is 0 Å². The summed E-state index contributed by atoms with van der Waals surface area (Å²) in [6.07, 6.45) is 4.12. The first-order valence-electron chi connectivity index (χ1n) is 12.5. The minimum atomic E-state index is -4.64. The maximum Gasteiger partial charge on any atom is 1.00 e. The molecule has 2 aliphatic heterocycles. The summed E-state index contributed by atoms with van der Waals surface area (Å²) in [7, 11) is -4.64. The van der Waals surface area contributed by atoms with Crippen molar-refractivity contribution in [3.05, 3.63) is 46.3 Å². The summed E-state index contributed by atoms with van der Waals surface area (Å²) in [5.74, 6) is -1.59. The van der Waals surface area contributed by atoms with Gasteiger partial charge in [-0.1, -0.05) is 17.4 Å². The fraction of sp³-hybridized carbons (Fsp3) is 0.385. The Balaban J connectivity index is 0.00000231. The first-order valence-corrected chi connectivity index (χ1v) is 14.7. The van der Waals surface area contributed by atoms with Gasteiger partial charge in [0.05, 0.1) is 10.1 Å². The van der Waals surface area contributed by atoms with Crippen LogP contribution in [0.25, 0.3) is 21.4 Å². The monoisotopic (exact) mass is 618 g/mol. The normalized spacial score (nSPS) is 15.0. The van der Waals surface area contributed by atoms with Crippen molar-refractivity contribution in [2.75, 3.05) is 18.0 Å². The Kier molecular flexibility index (Phi) is 11.8. The zero-order valence-corrected chi connectivity index (χ0v) is 28.4. The summed E-state index contributed by atoms with van der Waals surface area (Å²) < 4.78 is 39.0. The predicted molar refractivity (Wildman–Crippen MR) is 139 cm³/mol. The number of hydrogen-bond donors (Lipinski definition) is 0. The van der Waals surface area contributed by atoms with Gasteiger partial charge in [0.2, 0.25) is 0 Å². The van der Waals surface area contributed by atoms with Gasteiger partial charge in [0, 0.05) is 53.7 Å². The molecule has 11 nitrogen and oxygen atoms in total. The SMILES string of the molecule is O=C(CCCCCN1CCCc2cc3cc(-c4[c-]cc(S(=O)(=O)[O-])s4)c(=O)oc3cc21)ON1C(=O)CCC1=O.[Na+].[Na+]. The topological polar surface area (TPSA) is 154 Å². The number of unbranched alkanes of at least 4 members (excludes halogenated alkanes) is 2. The van der Waals surface area contributed by atoms with E-state index in [0.717, 1.165) is 56.1 Å². The zero-order valence-electron chi connectivity index (χ0n) is 22.8. The Labute approximate surface area is 284 Å². The number of rotatable bonds is 9. The van der Waals surface area contributed by atoms with Crippen molar-refractivity contribution in [1.82, 2.24) is 5.06 Å². The molecule has 0 saturated carbocycles. The zero-order chi connectivity index (χ0) is 27.7. The smallest absolute Gasteiger partial charge is 0.753 e. The van der Waals surface area contributed by atoms with E-state index in [9.17, 15) is 32.1 Å². The van der Waals surface area contributed by atoms with Crippen LogP contribution >= 0.6 is 11.3 Å². The molecule has 0 atom stereocenters. The van der Waals surface area contributed by atoms with Crippen molar-refractivity contribution < 1.29 is 95.7 Å². The Bertz CT molecular complexity index is 1620. The van der Waals surface area contributed by atoms with Crippen LogP contribution in [-0.4, -0.2) is 48.9 Å². The van der Waals surface area contributed by atoms with Gasteiger partial charge in [0.1, 0.15) is 5.58 Å². The molecule has 0 bridgehead atoms. The molecule has 1 aromatic carbocycles. The molecule has 0 unspecified atom stereocenters. The minimum Gasteiger partial charge on any atom is -0.753 e. The van der Waals surface area contributed by atoms with Gasteiger partial charge in [0.25, 0.3) is 17.4 Å². The Hall–Kier alpha value is -1.55. The van der Waals surface area contributed by atoms with Crippen molar-refractivity contribution in [2.24, 2.45) is 0 Å². The molecule has 15 heteroatoms. The fourth-order valence-electron chi connectivity index (χ4n) is 4.76. The number of carbonyl (C=O) groups excluding carboxylic acids is 3. The van der Waals surface area contributed by atoms with Gasteiger partial charge >= 0.3 is 65.1 Å². The van der Waals surface area contributed by atoms with Gasteiger partial charge in [-0.25, -0.2) is 24.5 Å². The number of aryl methyl sites for hydroxylation is 1. The van der Waals surface area contributed by atoms with Gasteiger partial charge in [-0.3, -0.25) is 14.4 Å². The largest absolute Gasteiger partial charge is 1.00 e. The maximum absolute atomic E-state index is 12.7. The van der Waals surface area contributed by atoms with Crippen LogP contribution in [0.3, 0.4) is 0 Å². The van der Waals surface area contributed by atoms with E-state index in [2.05, 4.69) is 11.0 Å². The van der Waals surface area contributed by atoms with Gasteiger partial charge < -0.3 is 18.7 Å². The Morgan fingerprint density at radius 2 is 1.78 bits per heavy atom. The maximum atomic E-state index is 12.7. The number of anilines is 1. The molecule has 2 amide bonds. The molecular formula is C26H24N2Na2O9S2. The number of benzene rings is 1. The molecule has 206 valence electrons. The molecule has 4 heterocycles. The summed E-state index contributed by atoms with van der Waals surface area (Å²) in [5.41, 5.74) is 1.96. The second-order valence-corrected chi connectivity index (χ2v) is 12.1. The van der Waals surface area contributed by atoms with E-state index < -0.39 is 37.7 Å². The van der Waals surface area contributed by atoms with E-state index in [-0.39, 0.29) is 88.8 Å². The van der Waals surface area contributed by atoms with Crippen LogP contribution in [0.4, 0.5) is 5.69 Å². The van der Waals surface area contributed by atoms with Crippen LogP contribution in [0.2, 0.25) is 0 Å². The molecule has 3 aromatic rings. The number of carbonyl (C=O) groups is 3. The summed E-state index contributed by atoms with van der Waals surface area (Å²) >= 11 is 0.682. The van der Waals surface area contributed by atoms with Crippen LogP contribution in [0.1, 0.15) is 50.5 Å². The first-order chi connectivity index (χ1) is 18.6. The van der Waals surface area contributed by atoms with E-state index in [1.54, 1.807) is 6.07 Å². The van der Waals surface area contributed by atoms with Gasteiger partial charge in [-0.15, -0.1) is 11.1 Å². The molecule has 2 aromatic heterocycles. The molecule has 0 spiro atoms. The fourth-order valence-corrected chi connectivity index (χ4v) is 6.31. The quantitative estimate of drug-likeness (QED) is 0.0612. The molecule has 0 aliphatic carbocycles. The number of amides is 2. The molecule has 5 rings (SSSR count). The standard InChI is InChI=1S/C26H25N2O9S2.2Na/c29-22-8-9-23(30)28(22)37-24(31)6-2-1-3-11-27-12-4-5-16-13-17-14-18(26(32)36-20(17)15-19(16)27)21-7-10-25(38-21)39(33,34)35;;/h10,13-15H,1-6,8-9,11-12H2,(H,33,34,35);;/q-1;2*+1/p-1. The average Bonchev–Trinajstić information content (AvgIpc) is 3.50. The van der Waals surface area contributed by atoms with Crippen molar-refractivity contribution >= 4 is 55.9 Å². The minimum absolute atomic E-state index is 0. The molecule has 41 heavy (non-hydrogen) atoms. The average molecular weight is 619 g/mol. The number of hydroxylamine groups is 2. The summed E-state index contributed by atoms with van der Waals surface area (Å²) in [4.78, 5) is 55.1. The number of fused-ring (bicyclic) bond motifs is 2. The second-order valence-electron chi connectivity index (χ2n) is 9.41. The van der Waals surface area contributed by atoms with Crippen LogP contribution in [0, 0.1) is 6.07 Å². The van der Waals surface area contributed by atoms with Crippen LogP contribution < -0.4 is 69.6 Å². The van der Waals surface area contributed by atoms with Gasteiger partial charge in [0.15, 0.2) is 0 Å². The summed E-state index contributed by atoms with van der Waals surface area (Å²) in [6.45, 7) is 1.56. The van der Waals surface area contributed by atoms with Crippen LogP contribution in [0.5, 0.6) is 0 Å². The van der Waals surface area contributed by atoms with Crippen molar-refractivity contribution in [3.8, 4) is 10.4 Å². The molecule has 0 radical (unpaired) electrons. The third-order valence-corrected chi connectivity index (χ3v) is 9.00.